The predicted molar refractivity (Wildman–Crippen MR) is 153 cm³/mol. The number of aryl methyl sites for hydroxylation is 2. The molecule has 1 aliphatic rings. The summed E-state index contributed by atoms with van der Waals surface area (Å²) in [5.41, 5.74) is 13.7. The summed E-state index contributed by atoms with van der Waals surface area (Å²) in [7, 11) is 0. The Bertz CT molecular complexity index is 927. The summed E-state index contributed by atoms with van der Waals surface area (Å²) in [6.45, 7) is 18.2. The number of hydrogen-bond donors (Lipinski definition) is 3. The molecule has 4 N–H and O–H groups in total. The van der Waals surface area contributed by atoms with Crippen LogP contribution < -0.4 is 21.3 Å². The molecule has 0 bridgehead atoms. The van der Waals surface area contributed by atoms with Crippen LogP contribution in [0.1, 0.15) is 69.1 Å². The standard InChI is InChI=1S/C31H48N4/c1-6-27(15-18-32)14-17-31(7-2)22-35(23-31)29-12-13-30(25(4)20-29)34-26(5)16-19-33-21-28-10-8-24(3)9-11-28/h8-13,20,27,33-34H,5-7,14-19,21-23,32H2,1-4H3. The fourth-order valence-electron chi connectivity index (χ4n) is 5.22. The van der Waals surface area contributed by atoms with Crippen LogP contribution in [0.4, 0.5) is 11.4 Å². The fourth-order valence-corrected chi connectivity index (χ4v) is 5.22. The molecule has 2 aromatic carbocycles. The predicted octanol–water partition coefficient (Wildman–Crippen LogP) is 6.78. The first kappa shape index (κ1) is 27.3. The number of benzene rings is 2. The van der Waals surface area contributed by atoms with E-state index in [9.17, 15) is 0 Å². The lowest BCUT2D eigenvalue weighted by molar-refractivity contribution is 0.166. The van der Waals surface area contributed by atoms with Crippen molar-refractivity contribution >= 4 is 11.4 Å². The van der Waals surface area contributed by atoms with Crippen molar-refractivity contribution in [3.05, 3.63) is 71.4 Å². The van der Waals surface area contributed by atoms with Gasteiger partial charge in [-0.25, -0.2) is 0 Å². The van der Waals surface area contributed by atoms with Crippen molar-refractivity contribution < 1.29 is 0 Å². The molecule has 1 atom stereocenters. The molecule has 0 saturated carbocycles. The maximum absolute atomic E-state index is 5.81. The maximum atomic E-state index is 5.81. The molecule has 35 heavy (non-hydrogen) atoms. The van der Waals surface area contributed by atoms with E-state index in [0.29, 0.717) is 5.41 Å². The zero-order chi connectivity index (χ0) is 25.3. The molecule has 0 spiro atoms. The zero-order valence-corrected chi connectivity index (χ0v) is 22.6. The lowest BCUT2D eigenvalue weighted by atomic mass is 9.71. The lowest BCUT2D eigenvalue weighted by Gasteiger charge is -2.52. The van der Waals surface area contributed by atoms with E-state index in [4.69, 9.17) is 5.73 Å². The third-order valence-corrected chi connectivity index (χ3v) is 7.98. The molecule has 192 valence electrons. The van der Waals surface area contributed by atoms with Crippen molar-refractivity contribution in [2.45, 2.75) is 72.8 Å². The highest BCUT2D eigenvalue weighted by atomic mass is 15.2. The Morgan fingerprint density at radius 3 is 2.46 bits per heavy atom. The number of nitrogens with zero attached hydrogens (tertiary/aromatic N) is 1. The molecule has 0 amide bonds. The normalized spacial score (nSPS) is 15.5. The number of anilines is 2. The minimum absolute atomic E-state index is 0.479. The van der Waals surface area contributed by atoms with Crippen molar-refractivity contribution in [3.8, 4) is 0 Å². The van der Waals surface area contributed by atoms with Crippen LogP contribution in [0.15, 0.2) is 54.7 Å². The monoisotopic (exact) mass is 476 g/mol. The smallest absolute Gasteiger partial charge is 0.0412 e. The number of rotatable bonds is 15. The lowest BCUT2D eigenvalue weighted by Crippen LogP contribution is -2.56. The Morgan fingerprint density at radius 1 is 1.09 bits per heavy atom. The minimum atomic E-state index is 0.479. The van der Waals surface area contributed by atoms with Crippen LogP contribution in [0.3, 0.4) is 0 Å². The van der Waals surface area contributed by atoms with Crippen LogP contribution in [-0.2, 0) is 6.54 Å². The van der Waals surface area contributed by atoms with Gasteiger partial charge in [0.15, 0.2) is 0 Å². The van der Waals surface area contributed by atoms with Crippen LogP contribution in [-0.4, -0.2) is 26.2 Å². The summed E-state index contributed by atoms with van der Waals surface area (Å²) in [5.74, 6) is 0.788. The summed E-state index contributed by atoms with van der Waals surface area (Å²) in [6.07, 6.45) is 7.23. The summed E-state index contributed by atoms with van der Waals surface area (Å²) in [6, 6.07) is 15.5. The van der Waals surface area contributed by atoms with Crippen molar-refractivity contribution in [1.82, 2.24) is 5.32 Å². The molecule has 0 radical (unpaired) electrons. The Balaban J connectivity index is 1.43. The highest BCUT2D eigenvalue weighted by Crippen LogP contribution is 2.42. The molecule has 4 heteroatoms. The van der Waals surface area contributed by atoms with Crippen LogP contribution in [0.25, 0.3) is 0 Å². The molecule has 2 aromatic rings. The third kappa shape index (κ3) is 7.85. The molecule has 3 rings (SSSR count). The van der Waals surface area contributed by atoms with Gasteiger partial charge in [-0.2, -0.15) is 0 Å². The first-order valence-corrected chi connectivity index (χ1v) is 13.6. The van der Waals surface area contributed by atoms with Gasteiger partial charge >= 0.3 is 0 Å². The zero-order valence-electron chi connectivity index (χ0n) is 22.6. The highest BCUT2D eigenvalue weighted by Gasteiger charge is 2.41. The molecular formula is C31H48N4. The van der Waals surface area contributed by atoms with Gasteiger partial charge in [0.1, 0.15) is 0 Å². The van der Waals surface area contributed by atoms with Gasteiger partial charge in [-0.05, 0) is 87.7 Å². The van der Waals surface area contributed by atoms with Crippen LogP contribution in [0.5, 0.6) is 0 Å². The van der Waals surface area contributed by atoms with E-state index < -0.39 is 0 Å². The molecule has 1 fully saturated rings. The summed E-state index contributed by atoms with van der Waals surface area (Å²) in [4.78, 5) is 2.55. The van der Waals surface area contributed by atoms with E-state index in [1.54, 1.807) is 0 Å². The Labute approximate surface area is 214 Å². The molecule has 4 nitrogen and oxygen atoms in total. The second kappa shape index (κ2) is 13.1. The van der Waals surface area contributed by atoms with Crippen molar-refractivity contribution in [1.29, 1.82) is 0 Å². The van der Waals surface area contributed by atoms with Gasteiger partial charge in [0.25, 0.3) is 0 Å². The van der Waals surface area contributed by atoms with Crippen LogP contribution >= 0.6 is 0 Å². The van der Waals surface area contributed by atoms with Gasteiger partial charge < -0.3 is 21.3 Å². The number of hydrogen-bond acceptors (Lipinski definition) is 4. The molecule has 1 aliphatic heterocycles. The average Bonchev–Trinajstić information content (AvgIpc) is 2.83. The maximum Gasteiger partial charge on any atom is 0.0412 e. The second-order valence-electron chi connectivity index (χ2n) is 10.7. The van der Waals surface area contributed by atoms with Crippen molar-refractivity contribution in [2.24, 2.45) is 17.1 Å². The minimum Gasteiger partial charge on any atom is -0.370 e. The fraction of sp³-hybridized carbons (Fsp3) is 0.548. The van der Waals surface area contributed by atoms with Crippen molar-refractivity contribution in [3.63, 3.8) is 0 Å². The van der Waals surface area contributed by atoms with E-state index in [0.717, 1.165) is 43.4 Å². The van der Waals surface area contributed by atoms with Gasteiger partial charge in [-0.3, -0.25) is 0 Å². The van der Waals surface area contributed by atoms with E-state index in [1.165, 1.54) is 67.6 Å². The number of nitrogens with one attached hydrogen (secondary N) is 2. The van der Waals surface area contributed by atoms with Gasteiger partial charge in [0.05, 0.1) is 0 Å². The van der Waals surface area contributed by atoms with E-state index >= 15 is 0 Å². The Morgan fingerprint density at radius 2 is 1.83 bits per heavy atom. The molecular weight excluding hydrogens is 428 g/mol. The SMILES string of the molecule is C=C(CCNCc1ccc(C)cc1)Nc1ccc(N2CC(CC)(CCC(CC)CCN)C2)cc1C. The average molecular weight is 477 g/mol. The first-order chi connectivity index (χ1) is 16.9. The number of nitrogens with two attached hydrogens (primary N) is 1. The van der Waals surface area contributed by atoms with Crippen molar-refractivity contribution in [2.75, 3.05) is 36.4 Å². The first-order valence-electron chi connectivity index (χ1n) is 13.6. The molecule has 0 aromatic heterocycles. The highest BCUT2D eigenvalue weighted by molar-refractivity contribution is 5.63. The van der Waals surface area contributed by atoms with Crippen LogP contribution in [0.2, 0.25) is 0 Å². The van der Waals surface area contributed by atoms with E-state index in [-0.39, 0.29) is 0 Å². The largest absolute Gasteiger partial charge is 0.370 e. The van der Waals surface area contributed by atoms with E-state index in [2.05, 4.69) is 92.3 Å². The topological polar surface area (TPSA) is 53.3 Å². The van der Waals surface area contributed by atoms with Crippen LogP contribution in [0, 0.1) is 25.2 Å². The summed E-state index contributed by atoms with van der Waals surface area (Å²) >= 11 is 0. The van der Waals surface area contributed by atoms with Gasteiger partial charge in [0, 0.05) is 48.7 Å². The quantitative estimate of drug-likeness (QED) is 0.248. The molecule has 0 aliphatic carbocycles. The second-order valence-corrected chi connectivity index (χ2v) is 10.7. The summed E-state index contributed by atoms with van der Waals surface area (Å²) < 4.78 is 0. The molecule has 1 heterocycles. The molecule has 1 unspecified atom stereocenters. The van der Waals surface area contributed by atoms with Gasteiger partial charge in [-0.1, -0.05) is 56.7 Å². The van der Waals surface area contributed by atoms with Gasteiger partial charge in [0.2, 0.25) is 0 Å². The Hall–Kier alpha value is -2.30. The van der Waals surface area contributed by atoms with Gasteiger partial charge in [-0.15, -0.1) is 0 Å². The Kier molecular flexibility index (Phi) is 10.2. The van der Waals surface area contributed by atoms with E-state index in [1.807, 2.05) is 0 Å². The third-order valence-electron chi connectivity index (χ3n) is 7.98. The summed E-state index contributed by atoms with van der Waals surface area (Å²) in [5, 5.41) is 7.05. The molecule has 1 saturated heterocycles.